The van der Waals surface area contributed by atoms with Gasteiger partial charge in [-0.1, -0.05) is 31.9 Å². The highest BCUT2D eigenvalue weighted by atomic mass is 32.2. The van der Waals surface area contributed by atoms with Gasteiger partial charge < -0.3 is 19.5 Å². The van der Waals surface area contributed by atoms with Crippen LogP contribution in [-0.4, -0.2) is 67.7 Å². The molecular weight excluding hydrogens is 416 g/mol. The van der Waals surface area contributed by atoms with E-state index in [9.17, 15) is 8.42 Å². The van der Waals surface area contributed by atoms with Gasteiger partial charge in [0.25, 0.3) is 0 Å². The molecule has 1 aromatic rings. The molecule has 1 aliphatic rings. The highest BCUT2D eigenvalue weighted by Gasteiger charge is 2.18. The topological polar surface area (TPSA) is 85.9 Å². The van der Waals surface area contributed by atoms with Crippen molar-refractivity contribution in [2.45, 2.75) is 56.3 Å². The summed E-state index contributed by atoms with van der Waals surface area (Å²) in [6.45, 7) is 7.81. The largest absolute Gasteiger partial charge is 0.379 e. The Morgan fingerprint density at radius 2 is 1.39 bits per heavy atom. The highest BCUT2D eigenvalue weighted by Crippen LogP contribution is 2.34. The molecule has 1 aromatic carbocycles. The molecule has 1 aliphatic carbocycles. The molecule has 1 fully saturated rings. The molecule has 0 heterocycles. The van der Waals surface area contributed by atoms with Crippen molar-refractivity contribution in [3.8, 4) is 0 Å². The van der Waals surface area contributed by atoms with Gasteiger partial charge in [-0.05, 0) is 62.4 Å². The lowest BCUT2D eigenvalue weighted by molar-refractivity contribution is 0.0140. The third-order valence-electron chi connectivity index (χ3n) is 5.41. The predicted molar refractivity (Wildman–Crippen MR) is 123 cm³/mol. The van der Waals surface area contributed by atoms with Crippen LogP contribution in [-0.2, 0) is 24.2 Å². The van der Waals surface area contributed by atoms with E-state index < -0.39 is 10.0 Å². The molecule has 7 nitrogen and oxygen atoms in total. The molecule has 178 valence electrons. The monoisotopic (exact) mass is 456 g/mol. The lowest BCUT2D eigenvalue weighted by Crippen LogP contribution is -2.25. The van der Waals surface area contributed by atoms with Gasteiger partial charge in [0.15, 0.2) is 0 Å². The van der Waals surface area contributed by atoms with Crippen LogP contribution in [0.2, 0.25) is 0 Å². The summed E-state index contributed by atoms with van der Waals surface area (Å²) >= 11 is 0. The fourth-order valence-electron chi connectivity index (χ4n) is 3.66. The molecule has 8 heteroatoms. The maximum atomic E-state index is 12.4. The maximum absolute atomic E-state index is 12.4. The van der Waals surface area contributed by atoms with Crippen LogP contribution in [0.5, 0.6) is 0 Å². The number of nitrogens with one attached hydrogen (secondary N) is 2. The van der Waals surface area contributed by atoms with Gasteiger partial charge in [0, 0.05) is 19.8 Å². The molecule has 0 atom stereocenters. The summed E-state index contributed by atoms with van der Waals surface area (Å²) < 4.78 is 43.9. The van der Waals surface area contributed by atoms with E-state index >= 15 is 0 Å². The number of hydrogen-bond acceptors (Lipinski definition) is 6. The Hall–Kier alpha value is -1.03. The van der Waals surface area contributed by atoms with Crippen LogP contribution in [0, 0.1) is 0 Å². The minimum atomic E-state index is -3.47. The molecule has 0 amide bonds. The van der Waals surface area contributed by atoms with Crippen molar-refractivity contribution in [3.05, 3.63) is 29.8 Å². The number of hydrogen-bond donors (Lipinski definition) is 2. The van der Waals surface area contributed by atoms with Gasteiger partial charge in [0.1, 0.15) is 0 Å². The zero-order chi connectivity index (χ0) is 22.2. The molecular formula is C23H40N2O5S. The van der Waals surface area contributed by atoms with Crippen LogP contribution in [0.3, 0.4) is 0 Å². The van der Waals surface area contributed by atoms with Crippen molar-refractivity contribution < 1.29 is 22.6 Å². The SMILES string of the molecule is CCNCCCOCCOCCOCCCNS(=O)(=O)c1ccc(C2CCCC2)cc1. The second-order valence-electron chi connectivity index (χ2n) is 7.85. The first kappa shape index (κ1) is 26.2. The highest BCUT2D eigenvalue weighted by molar-refractivity contribution is 7.89. The van der Waals surface area contributed by atoms with E-state index in [0.717, 1.165) is 26.1 Å². The van der Waals surface area contributed by atoms with Crippen LogP contribution in [0.1, 0.15) is 56.9 Å². The van der Waals surface area contributed by atoms with Gasteiger partial charge in [-0.15, -0.1) is 0 Å². The zero-order valence-electron chi connectivity index (χ0n) is 18.9. The first-order valence-corrected chi connectivity index (χ1v) is 13.2. The van der Waals surface area contributed by atoms with E-state index in [0.29, 0.717) is 56.8 Å². The van der Waals surface area contributed by atoms with Crippen LogP contribution < -0.4 is 10.0 Å². The molecule has 0 aliphatic heterocycles. The summed E-state index contributed by atoms with van der Waals surface area (Å²) in [4.78, 5) is 0.326. The summed E-state index contributed by atoms with van der Waals surface area (Å²) in [5.41, 5.74) is 1.25. The van der Waals surface area contributed by atoms with Crippen molar-refractivity contribution in [2.75, 3.05) is 59.3 Å². The van der Waals surface area contributed by atoms with Crippen molar-refractivity contribution in [1.82, 2.24) is 10.0 Å². The Balaban J connectivity index is 1.45. The van der Waals surface area contributed by atoms with Gasteiger partial charge in [-0.2, -0.15) is 0 Å². The summed E-state index contributed by atoms with van der Waals surface area (Å²) in [5, 5.41) is 3.25. The number of sulfonamides is 1. The second kappa shape index (κ2) is 15.7. The molecule has 1 saturated carbocycles. The summed E-state index contributed by atoms with van der Waals surface area (Å²) in [7, 11) is -3.47. The van der Waals surface area contributed by atoms with E-state index in [4.69, 9.17) is 14.2 Å². The molecule has 0 saturated heterocycles. The lowest BCUT2D eigenvalue weighted by Gasteiger charge is -2.11. The third-order valence-corrected chi connectivity index (χ3v) is 6.89. The second-order valence-corrected chi connectivity index (χ2v) is 9.61. The van der Waals surface area contributed by atoms with Gasteiger partial charge in [-0.3, -0.25) is 0 Å². The van der Waals surface area contributed by atoms with Gasteiger partial charge in [-0.25, -0.2) is 13.1 Å². The normalized spacial score (nSPS) is 15.0. The Morgan fingerprint density at radius 3 is 1.97 bits per heavy atom. The quantitative estimate of drug-likeness (QED) is 0.330. The Bertz CT molecular complexity index is 676. The van der Waals surface area contributed by atoms with Crippen molar-refractivity contribution in [3.63, 3.8) is 0 Å². The van der Waals surface area contributed by atoms with E-state index in [2.05, 4.69) is 17.0 Å². The molecule has 0 unspecified atom stereocenters. The van der Waals surface area contributed by atoms with Gasteiger partial charge in [0.05, 0.1) is 31.3 Å². The Kier molecular flexibility index (Phi) is 13.3. The van der Waals surface area contributed by atoms with Crippen LogP contribution in [0.4, 0.5) is 0 Å². The molecule has 0 radical (unpaired) electrons. The van der Waals surface area contributed by atoms with Crippen molar-refractivity contribution in [1.29, 1.82) is 0 Å². The first-order valence-electron chi connectivity index (χ1n) is 11.7. The van der Waals surface area contributed by atoms with E-state index in [1.165, 1.54) is 31.2 Å². The Morgan fingerprint density at radius 1 is 0.839 bits per heavy atom. The summed E-state index contributed by atoms with van der Waals surface area (Å²) in [5.74, 6) is 0.589. The molecule has 0 spiro atoms. The smallest absolute Gasteiger partial charge is 0.240 e. The average molecular weight is 457 g/mol. The Labute approximate surface area is 188 Å². The average Bonchev–Trinajstić information content (AvgIpc) is 3.31. The first-order chi connectivity index (χ1) is 15.1. The molecule has 2 N–H and O–H groups in total. The fourth-order valence-corrected chi connectivity index (χ4v) is 4.73. The van der Waals surface area contributed by atoms with E-state index in [1.807, 2.05) is 12.1 Å². The van der Waals surface area contributed by atoms with E-state index in [-0.39, 0.29) is 0 Å². The standard InChI is InChI=1S/C23H40N2O5S/c1-2-24-13-5-15-28-17-19-30-20-18-29-16-6-14-25-31(26,27)23-11-9-22(10-12-23)21-7-3-4-8-21/h9-12,21,24-25H,2-8,13-20H2,1H3. The zero-order valence-corrected chi connectivity index (χ0v) is 19.8. The lowest BCUT2D eigenvalue weighted by atomic mass is 9.98. The molecule has 31 heavy (non-hydrogen) atoms. The number of ether oxygens (including phenoxy) is 3. The molecule has 2 rings (SSSR count). The maximum Gasteiger partial charge on any atom is 0.240 e. The number of benzene rings is 1. The van der Waals surface area contributed by atoms with E-state index in [1.54, 1.807) is 12.1 Å². The minimum Gasteiger partial charge on any atom is -0.379 e. The molecule has 0 aromatic heterocycles. The third kappa shape index (κ3) is 10.9. The molecule has 0 bridgehead atoms. The van der Waals surface area contributed by atoms with Gasteiger partial charge in [0.2, 0.25) is 10.0 Å². The van der Waals surface area contributed by atoms with Crippen molar-refractivity contribution in [2.24, 2.45) is 0 Å². The van der Waals surface area contributed by atoms with Crippen LogP contribution in [0.15, 0.2) is 29.2 Å². The van der Waals surface area contributed by atoms with Gasteiger partial charge >= 0.3 is 0 Å². The van der Waals surface area contributed by atoms with Crippen molar-refractivity contribution >= 4 is 10.0 Å². The fraction of sp³-hybridized carbons (Fsp3) is 0.739. The predicted octanol–water partition coefficient (Wildman–Crippen LogP) is 3.06. The minimum absolute atomic E-state index is 0.326. The van der Waals surface area contributed by atoms with Crippen LogP contribution >= 0.6 is 0 Å². The summed E-state index contributed by atoms with van der Waals surface area (Å²) in [6, 6.07) is 7.36. The number of rotatable bonds is 18. The summed E-state index contributed by atoms with van der Waals surface area (Å²) in [6.07, 6.45) is 6.58. The van der Waals surface area contributed by atoms with Crippen LogP contribution in [0.25, 0.3) is 0 Å².